The minimum Gasteiger partial charge on any atom is -0.463 e. The molecular formula is C16H18FNO3. The molecule has 0 spiro atoms. The molecule has 0 fully saturated rings. The highest BCUT2D eigenvalue weighted by atomic mass is 19.1. The number of hydrogen-bond donors (Lipinski definition) is 0. The van der Waals surface area contributed by atoms with Crippen molar-refractivity contribution in [1.82, 2.24) is 4.90 Å². The van der Waals surface area contributed by atoms with Gasteiger partial charge in [0.15, 0.2) is 0 Å². The predicted molar refractivity (Wildman–Crippen MR) is 76.3 cm³/mol. The van der Waals surface area contributed by atoms with E-state index in [2.05, 4.69) is 4.74 Å². The number of furan rings is 1. The summed E-state index contributed by atoms with van der Waals surface area (Å²) in [5, 5.41) is 0. The first-order chi connectivity index (χ1) is 10.0. The minimum atomic E-state index is -0.499. The molecule has 2 rings (SSSR count). The van der Waals surface area contributed by atoms with Crippen LogP contribution in [0.4, 0.5) is 4.39 Å². The van der Waals surface area contributed by atoms with E-state index in [1.165, 1.54) is 19.2 Å². The molecule has 1 atom stereocenters. The summed E-state index contributed by atoms with van der Waals surface area (Å²) in [7, 11) is 3.22. The monoisotopic (exact) mass is 291 g/mol. The van der Waals surface area contributed by atoms with Crippen LogP contribution < -0.4 is 0 Å². The Hall–Kier alpha value is -2.14. The number of ether oxygens (including phenoxy) is 1. The van der Waals surface area contributed by atoms with Crippen LogP contribution in [0, 0.1) is 5.82 Å². The van der Waals surface area contributed by atoms with Crippen LogP contribution in [0.15, 0.2) is 40.8 Å². The summed E-state index contributed by atoms with van der Waals surface area (Å²) in [5.41, 5.74) is 0.879. The zero-order valence-electron chi connectivity index (χ0n) is 12.3. The summed E-state index contributed by atoms with van der Waals surface area (Å²) in [6.07, 6.45) is 0. The Kier molecular flexibility index (Phi) is 4.75. The van der Waals surface area contributed by atoms with E-state index in [-0.39, 0.29) is 17.6 Å². The van der Waals surface area contributed by atoms with Crippen molar-refractivity contribution in [2.45, 2.75) is 19.5 Å². The lowest BCUT2D eigenvalue weighted by molar-refractivity contribution is 0.0559. The van der Waals surface area contributed by atoms with Crippen molar-refractivity contribution in [3.05, 3.63) is 59.3 Å². The van der Waals surface area contributed by atoms with E-state index in [0.717, 1.165) is 5.56 Å². The number of nitrogens with zero attached hydrogens (tertiary/aromatic N) is 1. The fraction of sp³-hybridized carbons (Fsp3) is 0.312. The van der Waals surface area contributed by atoms with Crippen molar-refractivity contribution in [2.24, 2.45) is 0 Å². The van der Waals surface area contributed by atoms with E-state index in [1.54, 1.807) is 18.2 Å². The van der Waals surface area contributed by atoms with Crippen LogP contribution in [-0.4, -0.2) is 25.0 Å². The number of benzene rings is 1. The molecule has 0 aliphatic rings. The van der Waals surface area contributed by atoms with Crippen molar-refractivity contribution >= 4 is 5.97 Å². The first-order valence-corrected chi connectivity index (χ1v) is 6.64. The molecular weight excluding hydrogens is 273 g/mol. The van der Waals surface area contributed by atoms with Crippen molar-refractivity contribution in [3.8, 4) is 0 Å². The number of carbonyl (C=O) groups excluding carboxylic acids is 1. The molecule has 21 heavy (non-hydrogen) atoms. The standard InChI is InChI=1S/C16H18FNO3/c1-11(14-7-8-15(21-14)16(19)20-3)18(2)10-12-5-4-6-13(17)9-12/h4-9,11H,10H2,1-3H3. The second-order valence-corrected chi connectivity index (χ2v) is 4.91. The second kappa shape index (κ2) is 6.54. The van der Waals surface area contributed by atoms with E-state index in [0.29, 0.717) is 12.3 Å². The number of rotatable bonds is 5. The van der Waals surface area contributed by atoms with Gasteiger partial charge >= 0.3 is 5.97 Å². The van der Waals surface area contributed by atoms with Crippen molar-refractivity contribution < 1.29 is 18.3 Å². The van der Waals surface area contributed by atoms with Crippen molar-refractivity contribution in [3.63, 3.8) is 0 Å². The number of halogens is 1. The van der Waals surface area contributed by atoms with Crippen LogP contribution in [0.2, 0.25) is 0 Å². The van der Waals surface area contributed by atoms with Crippen LogP contribution >= 0.6 is 0 Å². The highest BCUT2D eigenvalue weighted by Crippen LogP contribution is 2.23. The largest absolute Gasteiger partial charge is 0.463 e. The molecule has 4 nitrogen and oxygen atoms in total. The summed E-state index contributed by atoms with van der Waals surface area (Å²) in [6, 6.07) is 9.77. The van der Waals surface area contributed by atoms with Gasteiger partial charge in [-0.05, 0) is 43.8 Å². The normalized spacial score (nSPS) is 12.4. The highest BCUT2D eigenvalue weighted by Gasteiger charge is 2.18. The fourth-order valence-corrected chi connectivity index (χ4v) is 2.07. The van der Waals surface area contributed by atoms with Gasteiger partial charge in [0.1, 0.15) is 11.6 Å². The molecule has 1 unspecified atom stereocenters. The van der Waals surface area contributed by atoms with Gasteiger partial charge in [-0.25, -0.2) is 9.18 Å². The number of hydrogen-bond acceptors (Lipinski definition) is 4. The molecule has 0 saturated heterocycles. The van der Waals surface area contributed by atoms with Gasteiger partial charge in [0, 0.05) is 6.54 Å². The lowest BCUT2D eigenvalue weighted by atomic mass is 10.1. The summed E-state index contributed by atoms with van der Waals surface area (Å²) in [4.78, 5) is 13.4. The number of carbonyl (C=O) groups is 1. The van der Waals surface area contributed by atoms with Gasteiger partial charge in [-0.15, -0.1) is 0 Å². The Morgan fingerprint density at radius 1 is 1.38 bits per heavy atom. The molecule has 1 aromatic carbocycles. The number of methoxy groups -OCH3 is 1. The smallest absolute Gasteiger partial charge is 0.373 e. The zero-order chi connectivity index (χ0) is 15.4. The first-order valence-electron chi connectivity index (χ1n) is 6.64. The molecule has 0 saturated carbocycles. The van der Waals surface area contributed by atoms with Gasteiger partial charge in [-0.3, -0.25) is 4.90 Å². The average molecular weight is 291 g/mol. The Morgan fingerprint density at radius 3 is 2.81 bits per heavy atom. The average Bonchev–Trinajstić information content (AvgIpc) is 2.95. The lowest BCUT2D eigenvalue weighted by Gasteiger charge is -2.23. The molecule has 0 aliphatic carbocycles. The molecule has 2 aromatic rings. The second-order valence-electron chi connectivity index (χ2n) is 4.91. The van der Waals surface area contributed by atoms with Gasteiger partial charge in [0.25, 0.3) is 0 Å². The fourth-order valence-electron chi connectivity index (χ4n) is 2.07. The Bertz CT molecular complexity index is 623. The van der Waals surface area contributed by atoms with Gasteiger partial charge in [-0.1, -0.05) is 12.1 Å². The summed E-state index contributed by atoms with van der Waals surface area (Å²) < 4.78 is 23.3. The topological polar surface area (TPSA) is 42.7 Å². The zero-order valence-corrected chi connectivity index (χ0v) is 12.3. The molecule has 5 heteroatoms. The highest BCUT2D eigenvalue weighted by molar-refractivity contribution is 5.86. The van der Waals surface area contributed by atoms with Gasteiger partial charge < -0.3 is 9.15 Å². The van der Waals surface area contributed by atoms with Crippen molar-refractivity contribution in [2.75, 3.05) is 14.2 Å². The van der Waals surface area contributed by atoms with Gasteiger partial charge in [0.2, 0.25) is 5.76 Å². The maximum Gasteiger partial charge on any atom is 0.373 e. The third-order valence-corrected chi connectivity index (χ3v) is 3.41. The minimum absolute atomic E-state index is 0.0494. The molecule has 0 amide bonds. The number of esters is 1. The Labute approximate surface area is 123 Å². The third-order valence-electron chi connectivity index (χ3n) is 3.41. The summed E-state index contributed by atoms with van der Waals surface area (Å²) >= 11 is 0. The molecule has 0 N–H and O–H groups in total. The maximum atomic E-state index is 13.2. The summed E-state index contributed by atoms with van der Waals surface area (Å²) in [5.74, 6) is 0.0913. The van der Waals surface area contributed by atoms with E-state index in [4.69, 9.17) is 4.42 Å². The summed E-state index contributed by atoms with van der Waals surface area (Å²) in [6.45, 7) is 2.53. The molecule has 112 valence electrons. The van der Waals surface area contributed by atoms with Crippen LogP contribution in [0.5, 0.6) is 0 Å². The Morgan fingerprint density at radius 2 is 2.14 bits per heavy atom. The van der Waals surface area contributed by atoms with Crippen LogP contribution in [0.3, 0.4) is 0 Å². The van der Waals surface area contributed by atoms with E-state index >= 15 is 0 Å². The van der Waals surface area contributed by atoms with Gasteiger partial charge in [0.05, 0.1) is 13.2 Å². The van der Waals surface area contributed by atoms with Gasteiger partial charge in [-0.2, -0.15) is 0 Å². The molecule has 1 heterocycles. The third kappa shape index (κ3) is 3.70. The van der Waals surface area contributed by atoms with Crippen LogP contribution in [-0.2, 0) is 11.3 Å². The molecule has 0 bridgehead atoms. The Balaban J connectivity index is 2.06. The van der Waals surface area contributed by atoms with Crippen LogP contribution in [0.1, 0.15) is 34.8 Å². The predicted octanol–water partition coefficient (Wildman–Crippen LogP) is 3.40. The van der Waals surface area contributed by atoms with E-state index in [1.807, 2.05) is 24.9 Å². The lowest BCUT2D eigenvalue weighted by Crippen LogP contribution is -2.21. The van der Waals surface area contributed by atoms with E-state index in [9.17, 15) is 9.18 Å². The molecule has 0 radical (unpaired) electrons. The van der Waals surface area contributed by atoms with Crippen molar-refractivity contribution in [1.29, 1.82) is 0 Å². The quantitative estimate of drug-likeness (QED) is 0.792. The molecule has 0 aliphatic heterocycles. The SMILES string of the molecule is COC(=O)c1ccc(C(C)N(C)Cc2cccc(F)c2)o1. The van der Waals surface area contributed by atoms with Crippen LogP contribution in [0.25, 0.3) is 0 Å². The molecule has 1 aromatic heterocycles. The maximum absolute atomic E-state index is 13.2. The first kappa shape index (κ1) is 15.3. The van der Waals surface area contributed by atoms with E-state index < -0.39 is 5.97 Å².